The van der Waals surface area contributed by atoms with Crippen LogP contribution in [0.1, 0.15) is 88.0 Å². The van der Waals surface area contributed by atoms with Gasteiger partial charge in [-0.3, -0.25) is 4.98 Å². The number of rotatable bonds is 15. The maximum absolute atomic E-state index is 14.6. The van der Waals surface area contributed by atoms with E-state index < -0.39 is 17.7 Å². The highest BCUT2D eigenvalue weighted by Gasteiger charge is 2.30. The van der Waals surface area contributed by atoms with Gasteiger partial charge in [0.15, 0.2) is 0 Å². The van der Waals surface area contributed by atoms with E-state index in [1.165, 1.54) is 76.1 Å². The van der Waals surface area contributed by atoms with Crippen LogP contribution < -0.4 is 4.74 Å². The van der Waals surface area contributed by atoms with Crippen LogP contribution in [0.15, 0.2) is 54.7 Å². The molecule has 0 N–H and O–H groups in total. The van der Waals surface area contributed by atoms with Gasteiger partial charge in [-0.05, 0) is 36.2 Å². The summed E-state index contributed by atoms with van der Waals surface area (Å²) in [4.78, 5) is 8.07. The first-order valence-corrected chi connectivity index (χ1v) is 13.3. The van der Waals surface area contributed by atoms with Crippen LogP contribution in [-0.4, -0.2) is 16.6 Å². The molecule has 0 aliphatic rings. The van der Waals surface area contributed by atoms with Crippen molar-refractivity contribution in [1.29, 1.82) is 0 Å². The van der Waals surface area contributed by atoms with E-state index in [1.54, 1.807) is 0 Å². The average Bonchev–Trinajstić information content (AvgIpc) is 2.89. The molecule has 200 valence electrons. The number of aromatic nitrogens is 2. The van der Waals surface area contributed by atoms with Crippen molar-refractivity contribution in [3.05, 3.63) is 77.5 Å². The Labute approximate surface area is 217 Å². The zero-order valence-corrected chi connectivity index (χ0v) is 21.5. The average molecular weight is 517 g/mol. The molecule has 0 saturated heterocycles. The molecule has 0 aliphatic heterocycles. The molecular weight excluding hydrogens is 480 g/mol. The second-order valence-corrected chi connectivity index (χ2v) is 9.42. The summed E-state index contributed by atoms with van der Waals surface area (Å²) in [6.45, 7) is 2.92. The monoisotopic (exact) mass is 516 g/mol. The number of alkyl halides is 3. The van der Waals surface area contributed by atoms with Crippen LogP contribution in [0, 0.1) is 5.95 Å². The molecule has 3 aromatic rings. The Morgan fingerprint density at radius 3 is 1.92 bits per heavy atom. The molecule has 0 fully saturated rings. The van der Waals surface area contributed by atoms with Gasteiger partial charge in [-0.15, -0.1) is 0 Å². The van der Waals surface area contributed by atoms with Crippen LogP contribution >= 0.6 is 0 Å². The second kappa shape index (κ2) is 14.7. The maximum atomic E-state index is 14.6. The van der Waals surface area contributed by atoms with Crippen LogP contribution in [-0.2, 0) is 12.6 Å². The molecule has 0 radical (unpaired) electrons. The summed E-state index contributed by atoms with van der Waals surface area (Å²) in [5, 5.41) is 0. The van der Waals surface area contributed by atoms with Crippen LogP contribution in [0.5, 0.6) is 5.75 Å². The van der Waals surface area contributed by atoms with E-state index in [1.807, 2.05) is 24.3 Å². The van der Waals surface area contributed by atoms with Gasteiger partial charge in [0.05, 0.1) is 29.8 Å². The zero-order chi connectivity index (χ0) is 26.5. The number of ether oxygens (including phenoxy) is 1. The number of hydrogen-bond acceptors (Lipinski definition) is 3. The largest absolute Gasteiger partial charge is 0.494 e. The number of benzene rings is 2. The van der Waals surface area contributed by atoms with Gasteiger partial charge in [0.25, 0.3) is 0 Å². The topological polar surface area (TPSA) is 35.0 Å². The zero-order valence-electron chi connectivity index (χ0n) is 21.5. The minimum absolute atomic E-state index is 0.176. The number of halogens is 4. The van der Waals surface area contributed by atoms with Gasteiger partial charge in [-0.1, -0.05) is 89.0 Å². The highest BCUT2D eigenvalue weighted by Crippen LogP contribution is 2.30. The Hall–Kier alpha value is -2.96. The van der Waals surface area contributed by atoms with Gasteiger partial charge >= 0.3 is 6.18 Å². The van der Waals surface area contributed by atoms with E-state index in [9.17, 15) is 17.6 Å². The van der Waals surface area contributed by atoms with E-state index >= 15 is 0 Å². The molecule has 1 aromatic heterocycles. The smallest absolute Gasteiger partial charge is 0.416 e. The second-order valence-electron chi connectivity index (χ2n) is 9.42. The van der Waals surface area contributed by atoms with Crippen molar-refractivity contribution >= 4 is 0 Å². The number of nitrogens with zero attached hydrogens (tertiary/aromatic N) is 2. The SMILES string of the molecule is CCCCCCCCCCCCOc1ccc(Cc2ncc(-c3ccc(C(F)(F)F)cc3)nc2F)cc1. The first-order chi connectivity index (χ1) is 17.9. The molecule has 7 heteroatoms. The van der Waals surface area contributed by atoms with Gasteiger partial charge in [0, 0.05) is 12.0 Å². The van der Waals surface area contributed by atoms with Gasteiger partial charge in [-0.2, -0.15) is 17.6 Å². The lowest BCUT2D eigenvalue weighted by molar-refractivity contribution is -0.137. The molecule has 2 aromatic carbocycles. The molecule has 0 unspecified atom stereocenters. The van der Waals surface area contributed by atoms with Crippen molar-refractivity contribution in [2.24, 2.45) is 0 Å². The summed E-state index contributed by atoms with van der Waals surface area (Å²) in [5.41, 5.74) is 0.828. The molecule has 1 heterocycles. The molecule has 0 bridgehead atoms. The minimum Gasteiger partial charge on any atom is -0.494 e. The third kappa shape index (κ3) is 9.78. The molecule has 3 nitrogen and oxygen atoms in total. The Morgan fingerprint density at radius 1 is 0.757 bits per heavy atom. The predicted octanol–water partition coefficient (Wildman–Crippen LogP) is 9.19. The molecule has 3 rings (SSSR count). The van der Waals surface area contributed by atoms with E-state index in [0.29, 0.717) is 12.2 Å². The van der Waals surface area contributed by atoms with Crippen LogP contribution in [0.2, 0.25) is 0 Å². The molecule has 0 atom stereocenters. The van der Waals surface area contributed by atoms with E-state index in [0.717, 1.165) is 29.9 Å². The van der Waals surface area contributed by atoms with Gasteiger partial charge in [-0.25, -0.2) is 4.98 Å². The van der Waals surface area contributed by atoms with Gasteiger partial charge in [0.1, 0.15) is 5.75 Å². The fourth-order valence-corrected chi connectivity index (χ4v) is 4.16. The van der Waals surface area contributed by atoms with E-state index in [-0.39, 0.29) is 17.8 Å². The summed E-state index contributed by atoms with van der Waals surface area (Å²) < 4.78 is 58.6. The van der Waals surface area contributed by atoms with Gasteiger partial charge in [0.2, 0.25) is 5.95 Å². The summed E-state index contributed by atoms with van der Waals surface area (Å²) in [5.74, 6) is 0.0440. The first-order valence-electron chi connectivity index (χ1n) is 13.3. The Kier molecular flexibility index (Phi) is 11.4. The van der Waals surface area contributed by atoms with Gasteiger partial charge < -0.3 is 4.74 Å². The number of unbranched alkanes of at least 4 members (excludes halogenated alkanes) is 9. The third-order valence-electron chi connectivity index (χ3n) is 6.37. The molecule has 0 aliphatic carbocycles. The molecule has 0 spiro atoms. The normalized spacial score (nSPS) is 11.6. The molecular formula is C30H36F4N2O. The van der Waals surface area contributed by atoms with Crippen LogP contribution in [0.3, 0.4) is 0 Å². The van der Waals surface area contributed by atoms with Crippen molar-refractivity contribution in [3.8, 4) is 17.0 Å². The lowest BCUT2D eigenvalue weighted by atomic mass is 10.1. The van der Waals surface area contributed by atoms with Crippen molar-refractivity contribution in [3.63, 3.8) is 0 Å². The standard InChI is InChI=1S/C30H36F4N2O/c1-2-3-4-5-6-7-8-9-10-11-20-37-26-18-12-23(13-19-26)21-27-29(31)36-28(22-35-27)24-14-16-25(17-15-24)30(32,33)34/h12-19,22H,2-11,20-21H2,1H3. The Morgan fingerprint density at radius 2 is 1.35 bits per heavy atom. The van der Waals surface area contributed by atoms with E-state index in [4.69, 9.17) is 4.74 Å². The van der Waals surface area contributed by atoms with Crippen LogP contribution in [0.4, 0.5) is 17.6 Å². The Bertz CT molecular complexity index is 1070. The summed E-state index contributed by atoms with van der Waals surface area (Å²) in [6, 6.07) is 11.9. The predicted molar refractivity (Wildman–Crippen MR) is 139 cm³/mol. The van der Waals surface area contributed by atoms with Crippen molar-refractivity contribution in [2.75, 3.05) is 6.61 Å². The first kappa shape index (κ1) is 28.6. The fraction of sp³-hybridized carbons (Fsp3) is 0.467. The lowest BCUT2D eigenvalue weighted by Gasteiger charge is -2.09. The summed E-state index contributed by atoms with van der Waals surface area (Å²) >= 11 is 0. The van der Waals surface area contributed by atoms with Crippen molar-refractivity contribution < 1.29 is 22.3 Å². The highest BCUT2D eigenvalue weighted by molar-refractivity contribution is 5.58. The third-order valence-corrected chi connectivity index (χ3v) is 6.37. The molecule has 37 heavy (non-hydrogen) atoms. The van der Waals surface area contributed by atoms with Crippen molar-refractivity contribution in [2.45, 2.75) is 83.7 Å². The lowest BCUT2D eigenvalue weighted by Crippen LogP contribution is -2.04. The molecule has 0 saturated carbocycles. The van der Waals surface area contributed by atoms with E-state index in [2.05, 4.69) is 16.9 Å². The minimum atomic E-state index is -4.42. The Balaban J connectivity index is 1.40. The molecule has 0 amide bonds. The highest BCUT2D eigenvalue weighted by atomic mass is 19.4. The van der Waals surface area contributed by atoms with Crippen LogP contribution in [0.25, 0.3) is 11.3 Å². The number of hydrogen-bond donors (Lipinski definition) is 0. The fourth-order valence-electron chi connectivity index (χ4n) is 4.16. The maximum Gasteiger partial charge on any atom is 0.416 e. The summed E-state index contributed by atoms with van der Waals surface area (Å²) in [6.07, 6.45) is 10.0. The quantitative estimate of drug-likeness (QED) is 0.149. The summed E-state index contributed by atoms with van der Waals surface area (Å²) in [7, 11) is 0. The van der Waals surface area contributed by atoms with Crippen molar-refractivity contribution in [1.82, 2.24) is 9.97 Å².